The van der Waals surface area contributed by atoms with Crippen molar-refractivity contribution in [2.75, 3.05) is 0 Å². The molecule has 0 aliphatic heterocycles. The molecule has 4 heterocycles. The SMILES string of the molecule is Cc1cccc(C)c1Oc1cn(C)c(=O)cc1-c1cn(C)c(=O)c2[nH]c(-c3cc(C(F)(F)F)nn3C)cc12. The first-order valence-corrected chi connectivity index (χ1v) is 11.6. The third-order valence-electron chi connectivity index (χ3n) is 6.51. The van der Waals surface area contributed by atoms with E-state index < -0.39 is 11.9 Å². The van der Waals surface area contributed by atoms with Gasteiger partial charge < -0.3 is 18.9 Å². The van der Waals surface area contributed by atoms with Gasteiger partial charge in [-0.2, -0.15) is 18.3 Å². The largest absolute Gasteiger partial charge is 0.455 e. The molecule has 5 aromatic rings. The van der Waals surface area contributed by atoms with Crippen LogP contribution in [0.5, 0.6) is 11.5 Å². The fourth-order valence-corrected chi connectivity index (χ4v) is 4.51. The molecule has 0 aliphatic carbocycles. The molecule has 1 N–H and O–H groups in total. The van der Waals surface area contributed by atoms with Crippen molar-refractivity contribution in [2.24, 2.45) is 21.1 Å². The molecule has 0 aliphatic rings. The second-order valence-electron chi connectivity index (χ2n) is 9.29. The summed E-state index contributed by atoms with van der Waals surface area (Å²) in [5.74, 6) is 1.02. The van der Waals surface area contributed by atoms with E-state index in [2.05, 4.69) is 10.1 Å². The van der Waals surface area contributed by atoms with Gasteiger partial charge in [0.15, 0.2) is 11.4 Å². The van der Waals surface area contributed by atoms with Crippen LogP contribution in [0.15, 0.2) is 58.4 Å². The molecular formula is C27H24F3N5O3. The van der Waals surface area contributed by atoms with Crippen LogP contribution < -0.4 is 15.9 Å². The fourth-order valence-electron chi connectivity index (χ4n) is 4.51. The van der Waals surface area contributed by atoms with E-state index in [9.17, 15) is 22.8 Å². The van der Waals surface area contributed by atoms with Gasteiger partial charge in [0.25, 0.3) is 11.1 Å². The van der Waals surface area contributed by atoms with Crippen molar-refractivity contribution >= 4 is 10.9 Å². The number of nitrogens with one attached hydrogen (secondary N) is 1. The quantitative estimate of drug-likeness (QED) is 0.357. The first kappa shape index (κ1) is 25.1. The average Bonchev–Trinajstić information content (AvgIpc) is 3.45. The summed E-state index contributed by atoms with van der Waals surface area (Å²) in [6.45, 7) is 3.83. The van der Waals surface area contributed by atoms with Gasteiger partial charge in [-0.1, -0.05) is 18.2 Å². The lowest BCUT2D eigenvalue weighted by Crippen LogP contribution is -2.18. The van der Waals surface area contributed by atoms with Crippen molar-refractivity contribution in [3.05, 3.63) is 86.3 Å². The smallest absolute Gasteiger partial charge is 0.435 e. The van der Waals surface area contributed by atoms with Crippen LogP contribution in [0.3, 0.4) is 0 Å². The molecule has 0 amide bonds. The van der Waals surface area contributed by atoms with Crippen molar-refractivity contribution in [2.45, 2.75) is 20.0 Å². The van der Waals surface area contributed by atoms with Gasteiger partial charge in [0, 0.05) is 49.9 Å². The molecule has 196 valence electrons. The van der Waals surface area contributed by atoms with Crippen LogP contribution in [0.2, 0.25) is 0 Å². The van der Waals surface area contributed by atoms with E-state index >= 15 is 0 Å². The number of halogens is 3. The maximum absolute atomic E-state index is 13.3. The van der Waals surface area contributed by atoms with Gasteiger partial charge in [-0.05, 0) is 37.1 Å². The molecule has 0 bridgehead atoms. The van der Waals surface area contributed by atoms with Gasteiger partial charge in [0.2, 0.25) is 0 Å². The Morgan fingerprint density at radius 2 is 1.61 bits per heavy atom. The summed E-state index contributed by atoms with van der Waals surface area (Å²) in [5, 5.41) is 4.00. The number of ether oxygens (including phenoxy) is 1. The Morgan fingerprint density at radius 3 is 2.24 bits per heavy atom. The minimum Gasteiger partial charge on any atom is -0.455 e. The number of H-pyrrole nitrogens is 1. The number of rotatable bonds is 4. The number of hydrogen-bond acceptors (Lipinski definition) is 4. The van der Waals surface area contributed by atoms with Crippen LogP contribution in [-0.4, -0.2) is 23.9 Å². The molecule has 0 fully saturated rings. The van der Waals surface area contributed by atoms with Crippen LogP contribution >= 0.6 is 0 Å². The van der Waals surface area contributed by atoms with Crippen LogP contribution in [0.25, 0.3) is 33.4 Å². The van der Waals surface area contributed by atoms with E-state index in [1.165, 1.54) is 22.2 Å². The van der Waals surface area contributed by atoms with Crippen molar-refractivity contribution in [3.8, 4) is 34.0 Å². The Bertz CT molecular complexity index is 1820. The normalized spacial score (nSPS) is 11.9. The van der Waals surface area contributed by atoms with Gasteiger partial charge in [0.05, 0.1) is 17.6 Å². The number of pyridine rings is 2. The maximum atomic E-state index is 13.3. The molecule has 38 heavy (non-hydrogen) atoms. The van der Waals surface area contributed by atoms with Crippen molar-refractivity contribution in [1.29, 1.82) is 0 Å². The Morgan fingerprint density at radius 1 is 0.921 bits per heavy atom. The van der Waals surface area contributed by atoms with Crippen molar-refractivity contribution < 1.29 is 17.9 Å². The van der Waals surface area contributed by atoms with E-state index in [-0.39, 0.29) is 28.0 Å². The Hall–Kier alpha value is -4.54. The van der Waals surface area contributed by atoms with Crippen LogP contribution in [0.1, 0.15) is 16.8 Å². The maximum Gasteiger partial charge on any atom is 0.435 e. The van der Waals surface area contributed by atoms with Crippen molar-refractivity contribution in [1.82, 2.24) is 23.9 Å². The highest BCUT2D eigenvalue weighted by molar-refractivity contribution is 5.98. The molecule has 0 radical (unpaired) electrons. The lowest BCUT2D eigenvalue weighted by Gasteiger charge is -2.17. The van der Waals surface area contributed by atoms with Crippen LogP contribution in [0, 0.1) is 13.8 Å². The van der Waals surface area contributed by atoms with E-state index in [0.717, 1.165) is 21.9 Å². The molecule has 8 nitrogen and oxygen atoms in total. The number of hydrogen-bond donors (Lipinski definition) is 1. The van der Waals surface area contributed by atoms with Crippen LogP contribution in [-0.2, 0) is 27.3 Å². The van der Waals surface area contributed by atoms with Gasteiger partial charge in [-0.25, -0.2) is 0 Å². The molecule has 0 atom stereocenters. The van der Waals surface area contributed by atoms with Gasteiger partial charge in [-0.3, -0.25) is 14.3 Å². The zero-order chi connectivity index (χ0) is 27.5. The number of aromatic amines is 1. The Balaban J connectivity index is 1.76. The van der Waals surface area contributed by atoms with Crippen LogP contribution in [0.4, 0.5) is 13.2 Å². The fraction of sp³-hybridized carbons (Fsp3) is 0.222. The summed E-state index contributed by atoms with van der Waals surface area (Å²) in [6, 6.07) is 9.67. The van der Waals surface area contributed by atoms with E-state index in [1.54, 1.807) is 32.6 Å². The molecule has 11 heteroatoms. The first-order valence-electron chi connectivity index (χ1n) is 11.6. The van der Waals surface area contributed by atoms with Gasteiger partial charge in [-0.15, -0.1) is 0 Å². The molecule has 0 unspecified atom stereocenters. The van der Waals surface area contributed by atoms with Gasteiger partial charge in [0.1, 0.15) is 11.3 Å². The predicted octanol–water partition coefficient (Wildman–Crippen LogP) is 5.06. The Kier molecular flexibility index (Phi) is 5.81. The highest BCUT2D eigenvalue weighted by atomic mass is 19.4. The number of fused-ring (bicyclic) bond motifs is 1. The summed E-state index contributed by atoms with van der Waals surface area (Å²) in [6.07, 6.45) is -1.46. The molecule has 4 aromatic heterocycles. The topological polar surface area (TPSA) is 86.8 Å². The number of aryl methyl sites for hydroxylation is 5. The van der Waals surface area contributed by atoms with E-state index in [0.29, 0.717) is 28.0 Å². The number of aromatic nitrogens is 5. The third kappa shape index (κ3) is 4.19. The van der Waals surface area contributed by atoms with E-state index in [4.69, 9.17) is 4.74 Å². The second-order valence-corrected chi connectivity index (χ2v) is 9.29. The number of benzene rings is 1. The zero-order valence-electron chi connectivity index (χ0n) is 21.3. The molecule has 0 spiro atoms. The molecule has 0 saturated carbocycles. The highest BCUT2D eigenvalue weighted by Gasteiger charge is 2.35. The minimum atomic E-state index is -4.62. The zero-order valence-corrected chi connectivity index (χ0v) is 21.3. The highest BCUT2D eigenvalue weighted by Crippen LogP contribution is 2.39. The minimum absolute atomic E-state index is 0.150. The third-order valence-corrected chi connectivity index (χ3v) is 6.51. The van der Waals surface area contributed by atoms with Crippen molar-refractivity contribution in [3.63, 3.8) is 0 Å². The average molecular weight is 524 g/mol. The monoisotopic (exact) mass is 523 g/mol. The predicted molar refractivity (Wildman–Crippen MR) is 137 cm³/mol. The molecular weight excluding hydrogens is 499 g/mol. The molecule has 5 rings (SSSR count). The summed E-state index contributed by atoms with van der Waals surface area (Å²) < 4.78 is 50.0. The molecule has 1 aromatic carbocycles. The number of alkyl halides is 3. The first-order chi connectivity index (χ1) is 17.8. The number of para-hydroxylation sites is 1. The summed E-state index contributed by atoms with van der Waals surface area (Å²) in [5.41, 5.74) is 1.61. The standard InChI is InChI=1S/C27H24F3N5O3/c1-14-7-6-8-15(2)25(14)38-21-13-33(3)23(36)10-16(21)18-12-34(4)26(37)24-17(18)9-19(31-24)20-11-22(27(28,29)30)32-35(20)5/h6-13,31H,1-5H3. The number of nitrogens with zero attached hydrogens (tertiary/aromatic N) is 4. The lowest BCUT2D eigenvalue weighted by atomic mass is 10.0. The van der Waals surface area contributed by atoms with E-state index in [1.807, 2.05) is 32.0 Å². The summed E-state index contributed by atoms with van der Waals surface area (Å²) >= 11 is 0. The summed E-state index contributed by atoms with van der Waals surface area (Å²) in [4.78, 5) is 28.7. The summed E-state index contributed by atoms with van der Waals surface area (Å²) in [7, 11) is 4.56. The Labute approximate surface area is 214 Å². The van der Waals surface area contributed by atoms with Gasteiger partial charge >= 0.3 is 6.18 Å². The second kappa shape index (κ2) is 8.79. The lowest BCUT2D eigenvalue weighted by molar-refractivity contribution is -0.141. The molecule has 0 saturated heterocycles.